The largest absolute Gasteiger partial charge is 0.496 e. The lowest BCUT2D eigenvalue weighted by molar-refractivity contribution is -0.384. The third-order valence-electron chi connectivity index (χ3n) is 7.31. The molecule has 0 fully saturated rings. The average molecular weight is 495 g/mol. The van der Waals surface area contributed by atoms with E-state index < -0.39 is 11.0 Å². The molecule has 1 aliphatic heterocycles. The number of ether oxygens (including phenoxy) is 1. The minimum atomic E-state index is -0.467. The number of allylic oxidation sites excluding steroid dienone is 1. The molecular formula is C30H26N2O5. The molecule has 2 heterocycles. The van der Waals surface area contributed by atoms with E-state index >= 15 is 0 Å². The number of methoxy groups -OCH3 is 1. The third-order valence-corrected chi connectivity index (χ3v) is 7.31. The lowest BCUT2D eigenvalue weighted by atomic mass is 9.68. The Kier molecular flexibility index (Phi) is 5.19. The number of hydrogen-bond donors (Lipinski definition) is 1. The van der Waals surface area contributed by atoms with E-state index in [1.807, 2.05) is 18.2 Å². The first kappa shape index (κ1) is 23.0. The van der Waals surface area contributed by atoms with Gasteiger partial charge in [-0.05, 0) is 52.4 Å². The summed E-state index contributed by atoms with van der Waals surface area (Å²) in [6.45, 7) is 4.27. The summed E-state index contributed by atoms with van der Waals surface area (Å²) in [7, 11) is 1.51. The van der Waals surface area contributed by atoms with Crippen molar-refractivity contribution < 1.29 is 18.9 Å². The molecule has 0 bridgehead atoms. The summed E-state index contributed by atoms with van der Waals surface area (Å²) in [4.78, 5) is 24.6. The summed E-state index contributed by atoms with van der Waals surface area (Å²) in [6, 6.07) is 19.9. The van der Waals surface area contributed by atoms with E-state index in [2.05, 4.69) is 43.4 Å². The second-order valence-corrected chi connectivity index (χ2v) is 10.5. The van der Waals surface area contributed by atoms with Gasteiger partial charge in [-0.25, -0.2) is 0 Å². The van der Waals surface area contributed by atoms with Crippen LogP contribution in [0, 0.1) is 15.5 Å². The average Bonchev–Trinajstić information content (AvgIpc) is 3.36. The van der Waals surface area contributed by atoms with Crippen LogP contribution in [0.2, 0.25) is 0 Å². The van der Waals surface area contributed by atoms with Gasteiger partial charge < -0.3 is 14.5 Å². The van der Waals surface area contributed by atoms with Gasteiger partial charge in [-0.2, -0.15) is 0 Å². The van der Waals surface area contributed by atoms with Crippen molar-refractivity contribution in [2.45, 2.75) is 32.7 Å². The fourth-order valence-corrected chi connectivity index (χ4v) is 5.71. The Labute approximate surface area is 213 Å². The van der Waals surface area contributed by atoms with Crippen LogP contribution in [0.1, 0.15) is 44.1 Å². The number of anilines is 1. The molecule has 1 N–H and O–H groups in total. The van der Waals surface area contributed by atoms with E-state index in [9.17, 15) is 14.9 Å². The molecule has 0 radical (unpaired) electrons. The molecule has 4 aromatic rings. The van der Waals surface area contributed by atoms with Crippen LogP contribution >= 0.6 is 0 Å². The molecule has 7 nitrogen and oxygen atoms in total. The summed E-state index contributed by atoms with van der Waals surface area (Å²) in [5.41, 5.74) is 4.10. The maximum Gasteiger partial charge on any atom is 0.270 e. The van der Waals surface area contributed by atoms with Crippen molar-refractivity contribution in [2.75, 3.05) is 12.4 Å². The number of nitro benzene ring substituents is 1. The van der Waals surface area contributed by atoms with Crippen LogP contribution in [0.5, 0.6) is 5.75 Å². The van der Waals surface area contributed by atoms with Crippen molar-refractivity contribution >= 4 is 33.5 Å². The highest BCUT2D eigenvalue weighted by Gasteiger charge is 2.41. The second-order valence-electron chi connectivity index (χ2n) is 10.5. The van der Waals surface area contributed by atoms with Crippen molar-refractivity contribution in [3.63, 3.8) is 0 Å². The van der Waals surface area contributed by atoms with Crippen LogP contribution < -0.4 is 10.1 Å². The number of benzene rings is 3. The van der Waals surface area contributed by atoms with Gasteiger partial charge in [0.1, 0.15) is 23.3 Å². The van der Waals surface area contributed by atoms with E-state index in [1.54, 1.807) is 12.1 Å². The van der Waals surface area contributed by atoms with Crippen LogP contribution in [0.3, 0.4) is 0 Å². The summed E-state index contributed by atoms with van der Waals surface area (Å²) in [6.07, 6.45) is 1.23. The third kappa shape index (κ3) is 3.78. The summed E-state index contributed by atoms with van der Waals surface area (Å²) >= 11 is 0. The van der Waals surface area contributed by atoms with E-state index in [-0.39, 0.29) is 16.9 Å². The van der Waals surface area contributed by atoms with Crippen LogP contribution in [-0.2, 0) is 4.79 Å². The molecule has 0 saturated heterocycles. The Balaban J connectivity index is 1.51. The van der Waals surface area contributed by atoms with Gasteiger partial charge in [0.25, 0.3) is 5.69 Å². The van der Waals surface area contributed by atoms with Crippen LogP contribution in [0.25, 0.3) is 27.7 Å². The van der Waals surface area contributed by atoms with Crippen LogP contribution in [0.15, 0.2) is 76.7 Å². The van der Waals surface area contributed by atoms with Gasteiger partial charge in [0.2, 0.25) is 0 Å². The molecule has 1 atom stereocenters. The standard InChI is InChI=1S/C30H26N2O5/c1-30(2)15-21-27-19-7-5-4-6-17(19)8-10-22(27)31-29(28(21)23(33)16-30)26-13-12-25(37-26)20-14-18(32(34)35)9-11-24(20)36-3/h4-14,29,31H,15-16H2,1-3H3/t29-/m1/s1. The molecule has 7 heteroatoms. The molecule has 37 heavy (non-hydrogen) atoms. The lowest BCUT2D eigenvalue weighted by Crippen LogP contribution is -2.33. The molecule has 3 aromatic carbocycles. The van der Waals surface area contributed by atoms with Gasteiger partial charge in [0, 0.05) is 35.4 Å². The van der Waals surface area contributed by atoms with Crippen LogP contribution in [-0.4, -0.2) is 17.8 Å². The Morgan fingerprint density at radius 3 is 2.65 bits per heavy atom. The number of fused-ring (bicyclic) bond motifs is 4. The fourth-order valence-electron chi connectivity index (χ4n) is 5.71. The number of rotatable bonds is 4. The summed E-state index contributed by atoms with van der Waals surface area (Å²) in [5.74, 6) is 1.58. The number of nitrogens with one attached hydrogen (secondary N) is 1. The monoisotopic (exact) mass is 494 g/mol. The first-order valence-electron chi connectivity index (χ1n) is 12.2. The van der Waals surface area contributed by atoms with Crippen molar-refractivity contribution in [3.05, 3.63) is 93.7 Å². The lowest BCUT2D eigenvalue weighted by Gasteiger charge is -2.39. The van der Waals surface area contributed by atoms with Crippen molar-refractivity contribution in [3.8, 4) is 17.1 Å². The first-order chi connectivity index (χ1) is 17.8. The number of non-ortho nitro benzene ring substituents is 1. The molecule has 0 amide bonds. The van der Waals surface area contributed by atoms with Gasteiger partial charge in [-0.3, -0.25) is 14.9 Å². The van der Waals surface area contributed by atoms with Gasteiger partial charge in [-0.15, -0.1) is 0 Å². The normalized spacial score (nSPS) is 18.2. The molecule has 1 aliphatic carbocycles. The highest BCUT2D eigenvalue weighted by atomic mass is 16.6. The van der Waals surface area contributed by atoms with Crippen molar-refractivity contribution in [1.82, 2.24) is 0 Å². The van der Waals surface area contributed by atoms with E-state index in [0.29, 0.717) is 29.3 Å². The zero-order valence-electron chi connectivity index (χ0n) is 20.8. The van der Waals surface area contributed by atoms with Gasteiger partial charge in [-0.1, -0.05) is 44.2 Å². The number of Topliss-reactive ketones (excluding diaryl/α,β-unsaturated/α-hetero) is 1. The maximum atomic E-state index is 13.6. The van der Waals surface area contributed by atoms with Gasteiger partial charge >= 0.3 is 0 Å². The van der Waals surface area contributed by atoms with Crippen molar-refractivity contribution in [2.24, 2.45) is 5.41 Å². The number of hydrogen-bond acceptors (Lipinski definition) is 6. The Morgan fingerprint density at radius 2 is 1.86 bits per heavy atom. The van der Waals surface area contributed by atoms with Gasteiger partial charge in [0.15, 0.2) is 5.78 Å². The number of nitrogens with zero attached hydrogens (tertiary/aromatic N) is 1. The molecule has 1 aromatic heterocycles. The zero-order chi connectivity index (χ0) is 25.9. The minimum Gasteiger partial charge on any atom is -0.496 e. The highest BCUT2D eigenvalue weighted by Crippen LogP contribution is 2.52. The predicted octanol–water partition coefficient (Wildman–Crippen LogP) is 7.33. The number of nitro groups is 1. The van der Waals surface area contributed by atoms with Crippen LogP contribution in [0.4, 0.5) is 11.4 Å². The number of carbonyl (C=O) groups is 1. The molecule has 6 rings (SSSR count). The Hall–Kier alpha value is -4.39. The molecule has 0 unspecified atom stereocenters. The zero-order valence-corrected chi connectivity index (χ0v) is 20.8. The van der Waals surface area contributed by atoms with E-state index in [0.717, 1.165) is 39.6 Å². The van der Waals surface area contributed by atoms with E-state index in [4.69, 9.17) is 9.15 Å². The first-order valence-corrected chi connectivity index (χ1v) is 12.2. The SMILES string of the molecule is COc1ccc([N+](=O)[O-])cc1-c1ccc([C@H]2Nc3ccc4ccccc4c3C3=C2C(=O)CC(C)(C)C3)o1. The molecular weight excluding hydrogens is 468 g/mol. The Morgan fingerprint density at radius 1 is 1.05 bits per heavy atom. The highest BCUT2D eigenvalue weighted by molar-refractivity contribution is 6.12. The van der Waals surface area contributed by atoms with Gasteiger partial charge in [0.05, 0.1) is 17.6 Å². The second kappa shape index (κ2) is 8.34. The Bertz CT molecular complexity index is 1630. The van der Waals surface area contributed by atoms with Crippen molar-refractivity contribution in [1.29, 1.82) is 0 Å². The number of carbonyl (C=O) groups excluding carboxylic acids is 1. The predicted molar refractivity (Wildman–Crippen MR) is 143 cm³/mol. The molecule has 2 aliphatic rings. The number of furan rings is 1. The maximum absolute atomic E-state index is 13.6. The topological polar surface area (TPSA) is 94.6 Å². The fraction of sp³-hybridized carbons (Fsp3) is 0.233. The summed E-state index contributed by atoms with van der Waals surface area (Å²) < 4.78 is 11.7. The quantitative estimate of drug-likeness (QED) is 0.236. The molecule has 186 valence electrons. The minimum absolute atomic E-state index is 0.0555. The molecule has 0 saturated carbocycles. The molecule has 0 spiro atoms. The smallest absolute Gasteiger partial charge is 0.270 e. The van der Waals surface area contributed by atoms with E-state index in [1.165, 1.54) is 19.2 Å². The number of ketones is 1. The summed E-state index contributed by atoms with van der Waals surface area (Å²) in [5, 5.41) is 17.2.